The molecule has 7 heteroatoms. The van der Waals surface area contributed by atoms with Gasteiger partial charge in [-0.2, -0.15) is 0 Å². The fraction of sp³-hybridized carbons (Fsp3) is 0.372. The third-order valence-electron chi connectivity index (χ3n) is 11.1. The molecule has 4 aromatic carbocycles. The first-order chi connectivity index (χ1) is 24.3. The fourth-order valence-electron chi connectivity index (χ4n) is 8.44. The molecule has 3 aliphatic heterocycles. The Morgan fingerprint density at radius 3 is 2.26 bits per heavy atom. The van der Waals surface area contributed by atoms with E-state index in [2.05, 4.69) is 115 Å². The molecule has 3 aliphatic rings. The van der Waals surface area contributed by atoms with Gasteiger partial charge in [-0.1, -0.05) is 76.6 Å². The van der Waals surface area contributed by atoms with Crippen molar-refractivity contribution in [2.24, 2.45) is 17.3 Å². The Morgan fingerprint density at radius 2 is 1.56 bits per heavy atom. The van der Waals surface area contributed by atoms with Crippen LogP contribution in [0.25, 0.3) is 32.4 Å². The van der Waals surface area contributed by atoms with Crippen LogP contribution in [0.3, 0.4) is 0 Å². The summed E-state index contributed by atoms with van der Waals surface area (Å²) in [6, 6.07) is 31.7. The number of nitrogens with zero attached hydrogens (tertiary/aromatic N) is 4. The van der Waals surface area contributed by atoms with Gasteiger partial charge in [-0.05, 0) is 89.2 Å². The summed E-state index contributed by atoms with van der Waals surface area (Å²) in [6.07, 6.45) is 4.95. The molecule has 0 aliphatic carbocycles. The SMILES string of the molecule is CC[C@H]1CN2CC[C@H]1CC2[C@@H](Oc1ccc(OC(c2cccc3cc4ccccc4cc23)C(C)(C)C)nn1)c1ccnc2ccc(OC)cc12. The third-order valence-corrected chi connectivity index (χ3v) is 11.1. The minimum atomic E-state index is -0.253. The van der Waals surface area contributed by atoms with Crippen molar-refractivity contribution < 1.29 is 14.2 Å². The van der Waals surface area contributed by atoms with Crippen LogP contribution < -0.4 is 14.2 Å². The van der Waals surface area contributed by atoms with E-state index < -0.39 is 0 Å². The molecule has 3 unspecified atom stereocenters. The van der Waals surface area contributed by atoms with Gasteiger partial charge in [0.25, 0.3) is 0 Å². The highest BCUT2D eigenvalue weighted by molar-refractivity contribution is 5.99. The summed E-state index contributed by atoms with van der Waals surface area (Å²) in [5, 5.41) is 15.1. The van der Waals surface area contributed by atoms with Gasteiger partial charge >= 0.3 is 0 Å². The number of aromatic nitrogens is 3. The van der Waals surface area contributed by atoms with Crippen LogP contribution in [-0.4, -0.2) is 46.3 Å². The second-order valence-electron chi connectivity index (χ2n) is 15.2. The van der Waals surface area contributed by atoms with Crippen molar-refractivity contribution in [1.29, 1.82) is 0 Å². The molecule has 0 radical (unpaired) electrons. The summed E-state index contributed by atoms with van der Waals surface area (Å²) in [7, 11) is 1.70. The van der Waals surface area contributed by atoms with E-state index in [1.54, 1.807) is 7.11 Å². The second kappa shape index (κ2) is 13.2. The zero-order valence-electron chi connectivity index (χ0n) is 29.7. The molecule has 3 saturated heterocycles. The molecule has 0 amide bonds. The van der Waals surface area contributed by atoms with E-state index in [0.29, 0.717) is 17.7 Å². The number of piperidine rings is 3. The summed E-state index contributed by atoms with van der Waals surface area (Å²) >= 11 is 0. The van der Waals surface area contributed by atoms with Crippen LogP contribution in [0.5, 0.6) is 17.5 Å². The molecule has 50 heavy (non-hydrogen) atoms. The van der Waals surface area contributed by atoms with E-state index in [4.69, 9.17) is 14.2 Å². The molecule has 2 bridgehead atoms. The predicted molar refractivity (Wildman–Crippen MR) is 200 cm³/mol. The highest BCUT2D eigenvalue weighted by atomic mass is 16.5. The summed E-state index contributed by atoms with van der Waals surface area (Å²) in [6.45, 7) is 11.1. The number of hydrogen-bond acceptors (Lipinski definition) is 7. The van der Waals surface area contributed by atoms with Crippen LogP contribution in [0.4, 0.5) is 0 Å². The van der Waals surface area contributed by atoms with Gasteiger partial charge in [-0.3, -0.25) is 9.88 Å². The monoisotopic (exact) mass is 666 g/mol. The summed E-state index contributed by atoms with van der Waals surface area (Å²) < 4.78 is 19.3. The van der Waals surface area contributed by atoms with E-state index in [9.17, 15) is 0 Å². The van der Waals surface area contributed by atoms with Crippen molar-refractivity contribution in [3.8, 4) is 17.5 Å². The summed E-state index contributed by atoms with van der Waals surface area (Å²) in [5.74, 6) is 3.19. The first-order valence-electron chi connectivity index (χ1n) is 18.0. The first kappa shape index (κ1) is 32.5. The quantitative estimate of drug-likeness (QED) is 0.142. The Kier molecular flexibility index (Phi) is 8.55. The molecule has 0 N–H and O–H groups in total. The molecule has 0 saturated carbocycles. The minimum absolute atomic E-state index is 0.212. The van der Waals surface area contributed by atoms with Gasteiger partial charge in [0.2, 0.25) is 11.8 Å². The molecule has 0 spiro atoms. The van der Waals surface area contributed by atoms with E-state index in [-0.39, 0.29) is 23.7 Å². The molecule has 6 atom stereocenters. The maximum Gasteiger partial charge on any atom is 0.234 e. The molecular formula is C43H46N4O3. The Hall–Kier alpha value is -4.75. The van der Waals surface area contributed by atoms with E-state index in [1.807, 2.05) is 30.5 Å². The molecular weight excluding hydrogens is 620 g/mol. The highest BCUT2D eigenvalue weighted by Crippen LogP contribution is 2.45. The fourth-order valence-corrected chi connectivity index (χ4v) is 8.44. The largest absolute Gasteiger partial charge is 0.497 e. The minimum Gasteiger partial charge on any atom is -0.497 e. The number of benzene rings is 4. The van der Waals surface area contributed by atoms with Crippen molar-refractivity contribution in [3.63, 3.8) is 0 Å². The summed E-state index contributed by atoms with van der Waals surface area (Å²) in [4.78, 5) is 7.31. The van der Waals surface area contributed by atoms with Crippen LogP contribution in [0, 0.1) is 17.3 Å². The van der Waals surface area contributed by atoms with Gasteiger partial charge in [0, 0.05) is 46.8 Å². The molecule has 5 heterocycles. The maximum atomic E-state index is 6.91. The Balaban J connectivity index is 1.12. The zero-order chi connectivity index (χ0) is 34.4. The van der Waals surface area contributed by atoms with Gasteiger partial charge in [0.1, 0.15) is 18.0 Å². The van der Waals surface area contributed by atoms with Gasteiger partial charge in [-0.15, -0.1) is 10.2 Å². The lowest BCUT2D eigenvalue weighted by Gasteiger charge is -2.51. The van der Waals surface area contributed by atoms with E-state index in [1.165, 1.54) is 34.4 Å². The number of pyridine rings is 1. The van der Waals surface area contributed by atoms with E-state index >= 15 is 0 Å². The van der Waals surface area contributed by atoms with Gasteiger partial charge in [0.15, 0.2) is 0 Å². The smallest absolute Gasteiger partial charge is 0.234 e. The van der Waals surface area contributed by atoms with Crippen LogP contribution in [-0.2, 0) is 0 Å². The lowest BCUT2D eigenvalue weighted by Crippen LogP contribution is -2.56. The molecule has 256 valence electrons. The molecule has 2 aromatic heterocycles. The Morgan fingerprint density at radius 1 is 0.800 bits per heavy atom. The summed E-state index contributed by atoms with van der Waals surface area (Å²) in [5.41, 5.74) is 2.94. The Bertz CT molecular complexity index is 2140. The topological polar surface area (TPSA) is 69.6 Å². The third kappa shape index (κ3) is 6.13. The van der Waals surface area contributed by atoms with Crippen molar-refractivity contribution in [3.05, 3.63) is 108 Å². The van der Waals surface area contributed by atoms with Gasteiger partial charge < -0.3 is 14.2 Å². The molecule has 7 nitrogen and oxygen atoms in total. The number of rotatable bonds is 9. The second-order valence-corrected chi connectivity index (χ2v) is 15.2. The van der Waals surface area contributed by atoms with Crippen molar-refractivity contribution in [2.45, 2.75) is 65.2 Å². The highest BCUT2D eigenvalue weighted by Gasteiger charge is 2.44. The van der Waals surface area contributed by atoms with Crippen LogP contribution in [0.2, 0.25) is 0 Å². The zero-order valence-corrected chi connectivity index (χ0v) is 29.7. The molecule has 6 aromatic rings. The maximum absolute atomic E-state index is 6.91. The Labute approximate surface area is 294 Å². The van der Waals surface area contributed by atoms with Crippen molar-refractivity contribution in [1.82, 2.24) is 20.1 Å². The van der Waals surface area contributed by atoms with Gasteiger partial charge in [-0.25, -0.2) is 0 Å². The average molecular weight is 667 g/mol. The van der Waals surface area contributed by atoms with Crippen molar-refractivity contribution in [2.75, 3.05) is 20.2 Å². The number of hydrogen-bond donors (Lipinski definition) is 0. The van der Waals surface area contributed by atoms with Crippen LogP contribution in [0.1, 0.15) is 70.3 Å². The lowest BCUT2D eigenvalue weighted by molar-refractivity contribution is -0.0496. The average Bonchev–Trinajstić information content (AvgIpc) is 3.14. The molecule has 3 fully saturated rings. The lowest BCUT2D eigenvalue weighted by atomic mass is 9.72. The van der Waals surface area contributed by atoms with E-state index in [0.717, 1.165) is 53.2 Å². The first-order valence-corrected chi connectivity index (χ1v) is 18.0. The number of methoxy groups -OCH3 is 1. The standard InChI is InChI=1S/C43H46N4O3/c1-6-27-26-47-21-19-30(27)24-38(47)41(33-18-20-44-37-15-14-32(48-5)25-36(33)37)49-39-16-17-40(46-45-39)50-42(43(2,3)4)34-13-9-12-31-22-28-10-7-8-11-29(28)23-35(31)34/h7-18,20,22-23,25,27,30,38,41-42H,6,19,21,24,26H2,1-5H3/t27-,30-,38?,41-,42?/m0/s1. The number of fused-ring (bicyclic) bond motifs is 6. The predicted octanol–water partition coefficient (Wildman–Crippen LogP) is 9.75. The van der Waals surface area contributed by atoms with Crippen molar-refractivity contribution >= 4 is 32.4 Å². The van der Waals surface area contributed by atoms with Crippen LogP contribution >= 0.6 is 0 Å². The van der Waals surface area contributed by atoms with Crippen LogP contribution in [0.15, 0.2) is 97.2 Å². The molecule has 9 rings (SSSR count). The van der Waals surface area contributed by atoms with Gasteiger partial charge in [0.05, 0.1) is 18.7 Å². The normalized spacial score (nSPS) is 21.7. The number of ether oxygens (including phenoxy) is 3.